The molecule has 0 saturated carbocycles. The minimum absolute atomic E-state index is 0.0901. The Kier molecular flexibility index (Phi) is 5.01. The van der Waals surface area contributed by atoms with Crippen molar-refractivity contribution in [1.29, 1.82) is 0 Å². The molecule has 13 heteroatoms. The number of anilines is 4. The van der Waals surface area contributed by atoms with Gasteiger partial charge in [0.2, 0.25) is 11.7 Å². The van der Waals surface area contributed by atoms with Gasteiger partial charge in [0, 0.05) is 42.0 Å². The molecule has 4 aromatic heterocycles. The number of nitrogens with zero attached hydrogens (tertiary/aromatic N) is 7. The van der Waals surface area contributed by atoms with Crippen LogP contribution in [0.1, 0.15) is 26.2 Å². The van der Waals surface area contributed by atoms with Crippen LogP contribution in [-0.4, -0.2) is 55.3 Å². The summed E-state index contributed by atoms with van der Waals surface area (Å²) in [7, 11) is 1.43. The lowest BCUT2D eigenvalue weighted by Gasteiger charge is -2.15. The average Bonchev–Trinajstić information content (AvgIpc) is 3.24. The average molecular weight is 451 g/mol. The molecular weight excluding hydrogens is 428 g/mol. The normalized spacial score (nSPS) is 12.3. The Balaban J connectivity index is 1.75. The first kappa shape index (κ1) is 17.9. The first-order valence-corrected chi connectivity index (χ1v) is 9.49. The number of aromatic nitrogens is 7. The van der Waals surface area contributed by atoms with Gasteiger partial charge in [-0.3, -0.25) is 4.79 Å². The molecule has 4 aromatic rings. The molecule has 0 unspecified atom stereocenters. The van der Waals surface area contributed by atoms with Gasteiger partial charge in [-0.05, 0) is 13.0 Å². The number of carbonyl (C=O) groups excluding carboxylic acids is 1. The van der Waals surface area contributed by atoms with E-state index in [1.807, 2.05) is 5.32 Å². The van der Waals surface area contributed by atoms with Crippen LogP contribution in [0, 0.1) is 13.8 Å². The molecule has 33 heavy (non-hydrogen) atoms. The van der Waals surface area contributed by atoms with E-state index in [0.29, 0.717) is 17.3 Å². The SMILES string of the molecule is [2H]C([2H])([2H])NC(=O)c1nnc(Nc2cc(C)ncn2)cc1Nc1nccc(-c2noc(C)n2)c1OC. The maximum atomic E-state index is 12.7. The van der Waals surface area contributed by atoms with Gasteiger partial charge in [0.05, 0.1) is 18.4 Å². The van der Waals surface area contributed by atoms with E-state index in [2.05, 4.69) is 45.9 Å². The zero-order chi connectivity index (χ0) is 25.9. The first-order chi connectivity index (χ1) is 17.1. The summed E-state index contributed by atoms with van der Waals surface area (Å²) >= 11 is 0. The molecule has 1 amide bonds. The van der Waals surface area contributed by atoms with Crippen molar-refractivity contribution in [2.24, 2.45) is 0 Å². The number of rotatable bonds is 7. The molecule has 0 atom stereocenters. The molecule has 0 saturated heterocycles. The zero-order valence-electron chi connectivity index (χ0n) is 20.7. The third-order valence-electron chi connectivity index (χ3n) is 4.31. The summed E-state index contributed by atoms with van der Waals surface area (Å²) in [6.45, 7) is 0.706. The molecule has 0 aliphatic rings. The van der Waals surface area contributed by atoms with Crippen LogP contribution < -0.4 is 20.7 Å². The van der Waals surface area contributed by atoms with Crippen LogP contribution in [0.4, 0.5) is 23.1 Å². The minimum atomic E-state index is -2.74. The van der Waals surface area contributed by atoms with E-state index in [0.717, 1.165) is 5.69 Å². The Morgan fingerprint density at radius 1 is 1.12 bits per heavy atom. The van der Waals surface area contributed by atoms with Crippen LogP contribution in [0.2, 0.25) is 0 Å². The quantitative estimate of drug-likeness (QED) is 0.375. The second-order valence-electron chi connectivity index (χ2n) is 6.62. The van der Waals surface area contributed by atoms with Gasteiger partial charge in [0.15, 0.2) is 23.1 Å². The van der Waals surface area contributed by atoms with Crippen LogP contribution in [0.5, 0.6) is 5.75 Å². The second kappa shape index (κ2) is 9.21. The second-order valence-corrected chi connectivity index (χ2v) is 6.62. The number of nitrogens with one attached hydrogen (secondary N) is 3. The fraction of sp³-hybridized carbons (Fsp3) is 0.200. The van der Waals surface area contributed by atoms with Crippen molar-refractivity contribution >= 4 is 29.0 Å². The minimum Gasteiger partial charge on any atom is -0.492 e. The molecule has 0 aliphatic carbocycles. The molecule has 3 N–H and O–H groups in total. The fourth-order valence-corrected chi connectivity index (χ4v) is 2.89. The Hall–Kier alpha value is -4.68. The third kappa shape index (κ3) is 4.66. The van der Waals surface area contributed by atoms with Crippen LogP contribution >= 0.6 is 0 Å². The van der Waals surface area contributed by atoms with Crippen molar-refractivity contribution in [3.05, 3.63) is 48.0 Å². The fourth-order valence-electron chi connectivity index (χ4n) is 2.89. The Bertz CT molecular complexity index is 1410. The summed E-state index contributed by atoms with van der Waals surface area (Å²) in [4.78, 5) is 29.3. The zero-order valence-corrected chi connectivity index (χ0v) is 17.7. The predicted octanol–water partition coefficient (Wildman–Crippen LogP) is 2.18. The summed E-state index contributed by atoms with van der Waals surface area (Å²) in [5, 5.41) is 19.6. The van der Waals surface area contributed by atoms with Gasteiger partial charge in [-0.1, -0.05) is 5.16 Å². The van der Waals surface area contributed by atoms with E-state index in [1.165, 1.54) is 25.7 Å². The van der Waals surface area contributed by atoms with E-state index in [1.54, 1.807) is 26.0 Å². The van der Waals surface area contributed by atoms with Crippen molar-refractivity contribution in [1.82, 2.24) is 40.6 Å². The number of hydrogen-bond donors (Lipinski definition) is 3. The van der Waals surface area contributed by atoms with Crippen LogP contribution in [-0.2, 0) is 0 Å². The maximum absolute atomic E-state index is 12.7. The van der Waals surface area contributed by atoms with Crippen molar-refractivity contribution < 1.29 is 18.2 Å². The third-order valence-corrected chi connectivity index (χ3v) is 4.31. The highest BCUT2D eigenvalue weighted by molar-refractivity contribution is 5.98. The standard InChI is InChI=1S/C20H20N10O3/c1-10-7-14(24-9-23-10)27-15-8-13(16(29-28-15)20(31)21-3)26-19-17(32-4)12(5-6-22-19)18-25-11(2)33-30-18/h5-9H,1-4H3,(H,21,31)(H2,22,23,24,26,27,28)/i3D3. The molecule has 4 heterocycles. The first-order valence-electron chi connectivity index (χ1n) is 11.0. The van der Waals surface area contributed by atoms with Crippen molar-refractivity contribution in [3.63, 3.8) is 0 Å². The molecule has 0 aromatic carbocycles. The monoisotopic (exact) mass is 451 g/mol. The Morgan fingerprint density at radius 3 is 2.73 bits per heavy atom. The van der Waals surface area contributed by atoms with E-state index in [4.69, 9.17) is 13.4 Å². The molecule has 13 nitrogen and oxygen atoms in total. The number of amides is 1. The highest BCUT2D eigenvalue weighted by atomic mass is 16.5. The van der Waals surface area contributed by atoms with E-state index in [9.17, 15) is 4.79 Å². The van der Waals surface area contributed by atoms with Gasteiger partial charge in [-0.15, -0.1) is 10.2 Å². The number of ether oxygens (including phenoxy) is 1. The molecule has 0 radical (unpaired) electrons. The Morgan fingerprint density at radius 2 is 2.00 bits per heavy atom. The summed E-state index contributed by atoms with van der Waals surface area (Å²) in [6.07, 6.45) is 2.86. The van der Waals surface area contributed by atoms with E-state index in [-0.39, 0.29) is 34.6 Å². The van der Waals surface area contributed by atoms with Gasteiger partial charge in [0.25, 0.3) is 5.91 Å². The summed E-state index contributed by atoms with van der Waals surface area (Å²) in [6, 6.07) is 4.77. The highest BCUT2D eigenvalue weighted by Gasteiger charge is 2.20. The lowest BCUT2D eigenvalue weighted by molar-refractivity contribution is 0.0958. The number of hydrogen-bond acceptors (Lipinski definition) is 12. The van der Waals surface area contributed by atoms with Gasteiger partial charge >= 0.3 is 0 Å². The highest BCUT2D eigenvalue weighted by Crippen LogP contribution is 2.35. The molecule has 0 bridgehead atoms. The van der Waals surface area contributed by atoms with Crippen molar-refractivity contribution in [2.45, 2.75) is 13.8 Å². The molecule has 0 aliphatic heterocycles. The van der Waals surface area contributed by atoms with Gasteiger partial charge in [0.1, 0.15) is 12.1 Å². The summed E-state index contributed by atoms with van der Waals surface area (Å²) < 4.78 is 32.6. The summed E-state index contributed by atoms with van der Waals surface area (Å²) in [5.74, 6) is 0.729. The number of pyridine rings is 1. The molecule has 0 fully saturated rings. The van der Waals surface area contributed by atoms with Crippen molar-refractivity contribution in [3.8, 4) is 17.1 Å². The summed E-state index contributed by atoms with van der Waals surface area (Å²) in [5.41, 5.74) is 0.986. The van der Waals surface area contributed by atoms with Crippen LogP contribution in [0.15, 0.2) is 35.2 Å². The number of methoxy groups -OCH3 is 1. The number of carbonyl (C=O) groups is 1. The van der Waals surface area contributed by atoms with Crippen LogP contribution in [0.3, 0.4) is 0 Å². The van der Waals surface area contributed by atoms with Gasteiger partial charge in [-0.25, -0.2) is 15.0 Å². The molecular formula is C20H20N10O3. The smallest absolute Gasteiger partial charge is 0.273 e. The van der Waals surface area contributed by atoms with Gasteiger partial charge < -0.3 is 25.2 Å². The maximum Gasteiger partial charge on any atom is 0.273 e. The predicted molar refractivity (Wildman–Crippen MR) is 118 cm³/mol. The van der Waals surface area contributed by atoms with Gasteiger partial charge in [-0.2, -0.15) is 4.98 Å². The Labute approximate surface area is 192 Å². The van der Waals surface area contributed by atoms with E-state index >= 15 is 0 Å². The lowest BCUT2D eigenvalue weighted by Crippen LogP contribution is -2.21. The molecule has 0 spiro atoms. The van der Waals surface area contributed by atoms with Crippen LogP contribution in [0.25, 0.3) is 11.4 Å². The lowest BCUT2D eigenvalue weighted by atomic mass is 10.2. The topological polar surface area (TPSA) is 166 Å². The van der Waals surface area contributed by atoms with E-state index < -0.39 is 12.9 Å². The number of aryl methyl sites for hydroxylation is 2. The largest absolute Gasteiger partial charge is 0.492 e. The molecule has 4 rings (SSSR count). The molecule has 168 valence electrons. The van der Waals surface area contributed by atoms with Crippen molar-refractivity contribution in [2.75, 3.05) is 24.7 Å².